The van der Waals surface area contributed by atoms with Crippen LogP contribution in [0.15, 0.2) is 36.5 Å². The third kappa shape index (κ3) is 3.09. The first kappa shape index (κ1) is 13.8. The average molecular weight is 381 g/mol. The standard InChI is InChI=1S/C15H16IN3O/c16-19-8-2-4-13(10-19)18-15(20)12-5-6-14-11(9-12)3-1-7-17-14/h1,3,5-7,9,13H,2,4,8,10H2,(H,18,20)/t13-/m1/s1. The molecule has 2 aromatic rings. The number of hydrogen-bond donors (Lipinski definition) is 1. The van der Waals surface area contributed by atoms with E-state index in [9.17, 15) is 4.79 Å². The second-order valence-corrected chi connectivity index (χ2v) is 6.46. The number of rotatable bonds is 2. The van der Waals surface area contributed by atoms with E-state index < -0.39 is 0 Å². The number of nitrogens with one attached hydrogen (secondary N) is 1. The molecule has 1 aromatic heterocycles. The van der Waals surface area contributed by atoms with Gasteiger partial charge in [-0.1, -0.05) is 6.07 Å². The summed E-state index contributed by atoms with van der Waals surface area (Å²) in [6.45, 7) is 2.02. The topological polar surface area (TPSA) is 45.2 Å². The lowest BCUT2D eigenvalue weighted by Gasteiger charge is -2.28. The quantitative estimate of drug-likeness (QED) is 0.643. The first-order valence-corrected chi connectivity index (χ1v) is 7.75. The highest BCUT2D eigenvalue weighted by Crippen LogP contribution is 2.16. The highest BCUT2D eigenvalue weighted by Gasteiger charge is 2.20. The van der Waals surface area contributed by atoms with Crippen LogP contribution in [0.2, 0.25) is 0 Å². The van der Waals surface area contributed by atoms with Gasteiger partial charge in [-0.2, -0.15) is 0 Å². The Bertz CT molecular complexity index is 631. The third-order valence-corrected chi connectivity index (χ3v) is 4.45. The van der Waals surface area contributed by atoms with Gasteiger partial charge in [0.1, 0.15) is 0 Å². The molecule has 1 aliphatic heterocycles. The zero-order chi connectivity index (χ0) is 13.9. The van der Waals surface area contributed by atoms with Crippen molar-refractivity contribution in [3.63, 3.8) is 0 Å². The van der Waals surface area contributed by atoms with Gasteiger partial charge in [-0.05, 0) is 37.1 Å². The minimum Gasteiger partial charge on any atom is -0.348 e. The number of piperidine rings is 1. The van der Waals surface area contributed by atoms with Crippen molar-refractivity contribution in [2.45, 2.75) is 18.9 Å². The minimum atomic E-state index is 0.00690. The van der Waals surface area contributed by atoms with E-state index >= 15 is 0 Å². The molecule has 1 aromatic carbocycles. The Morgan fingerprint density at radius 1 is 1.40 bits per heavy atom. The molecule has 0 radical (unpaired) electrons. The molecule has 0 aliphatic carbocycles. The van der Waals surface area contributed by atoms with Crippen molar-refractivity contribution in [2.75, 3.05) is 13.1 Å². The van der Waals surface area contributed by atoms with Gasteiger partial charge >= 0.3 is 0 Å². The second kappa shape index (κ2) is 6.05. The summed E-state index contributed by atoms with van der Waals surface area (Å²) < 4.78 is 2.23. The highest BCUT2D eigenvalue weighted by molar-refractivity contribution is 14.1. The van der Waals surface area contributed by atoms with Crippen LogP contribution in [0.3, 0.4) is 0 Å². The molecule has 20 heavy (non-hydrogen) atoms. The molecule has 0 bridgehead atoms. The molecule has 1 fully saturated rings. The van der Waals surface area contributed by atoms with Gasteiger partial charge in [0.15, 0.2) is 0 Å². The van der Waals surface area contributed by atoms with Crippen molar-refractivity contribution >= 4 is 39.7 Å². The normalized spacial score (nSPS) is 19.9. The van der Waals surface area contributed by atoms with Crippen LogP contribution in [0.4, 0.5) is 0 Å². The Morgan fingerprint density at radius 2 is 2.30 bits per heavy atom. The van der Waals surface area contributed by atoms with Crippen LogP contribution in [-0.4, -0.2) is 33.1 Å². The third-order valence-electron chi connectivity index (χ3n) is 3.57. The van der Waals surface area contributed by atoms with Gasteiger partial charge in [-0.3, -0.25) is 9.78 Å². The number of amides is 1. The number of nitrogens with zero attached hydrogens (tertiary/aromatic N) is 2. The molecule has 1 atom stereocenters. The molecule has 4 nitrogen and oxygen atoms in total. The molecule has 1 amide bonds. The molecule has 3 rings (SSSR count). The zero-order valence-electron chi connectivity index (χ0n) is 11.1. The lowest BCUT2D eigenvalue weighted by molar-refractivity contribution is 0.0925. The number of halogens is 1. The molecule has 0 unspecified atom stereocenters. The molecule has 2 heterocycles. The summed E-state index contributed by atoms with van der Waals surface area (Å²) in [4.78, 5) is 16.6. The lowest BCUT2D eigenvalue weighted by Crippen LogP contribution is -2.44. The first-order valence-electron chi connectivity index (χ1n) is 6.79. The van der Waals surface area contributed by atoms with Crippen LogP contribution < -0.4 is 5.32 Å². The summed E-state index contributed by atoms with van der Waals surface area (Å²) >= 11 is 2.32. The van der Waals surface area contributed by atoms with Crippen molar-refractivity contribution in [1.29, 1.82) is 0 Å². The Morgan fingerprint density at radius 3 is 3.15 bits per heavy atom. The smallest absolute Gasteiger partial charge is 0.251 e. The maximum atomic E-state index is 12.3. The van der Waals surface area contributed by atoms with E-state index in [1.165, 1.54) is 0 Å². The predicted octanol–water partition coefficient (Wildman–Crippen LogP) is 2.78. The second-order valence-electron chi connectivity index (χ2n) is 5.09. The van der Waals surface area contributed by atoms with E-state index in [0.717, 1.165) is 36.8 Å². The number of carbonyl (C=O) groups is 1. The van der Waals surface area contributed by atoms with E-state index in [4.69, 9.17) is 0 Å². The van der Waals surface area contributed by atoms with Crippen molar-refractivity contribution in [3.8, 4) is 0 Å². The fourth-order valence-corrected chi connectivity index (χ4v) is 3.35. The van der Waals surface area contributed by atoms with Crippen molar-refractivity contribution < 1.29 is 4.79 Å². The maximum absolute atomic E-state index is 12.3. The van der Waals surface area contributed by atoms with Crippen molar-refractivity contribution in [1.82, 2.24) is 13.4 Å². The van der Waals surface area contributed by atoms with E-state index in [0.29, 0.717) is 5.56 Å². The van der Waals surface area contributed by atoms with Gasteiger partial charge in [0, 0.05) is 59.1 Å². The number of hydrogen-bond acceptors (Lipinski definition) is 3. The monoisotopic (exact) mass is 381 g/mol. The van der Waals surface area contributed by atoms with Crippen LogP contribution >= 0.6 is 22.9 Å². The summed E-state index contributed by atoms with van der Waals surface area (Å²) in [7, 11) is 0. The number of carbonyl (C=O) groups excluding carboxylic acids is 1. The molecular weight excluding hydrogens is 365 g/mol. The lowest BCUT2D eigenvalue weighted by atomic mass is 10.1. The number of aromatic nitrogens is 1. The van der Waals surface area contributed by atoms with Crippen molar-refractivity contribution in [2.24, 2.45) is 0 Å². The fourth-order valence-electron chi connectivity index (χ4n) is 2.53. The molecule has 1 saturated heterocycles. The van der Waals surface area contributed by atoms with E-state index in [2.05, 4.69) is 36.3 Å². The largest absolute Gasteiger partial charge is 0.348 e. The van der Waals surface area contributed by atoms with Crippen LogP contribution in [0, 0.1) is 0 Å². The van der Waals surface area contributed by atoms with Gasteiger partial charge in [0.2, 0.25) is 0 Å². The molecule has 1 aliphatic rings. The van der Waals surface area contributed by atoms with Crippen LogP contribution in [0.1, 0.15) is 23.2 Å². The Balaban J connectivity index is 1.75. The van der Waals surface area contributed by atoms with E-state index in [1.807, 2.05) is 30.3 Å². The Hall–Kier alpha value is -1.21. The maximum Gasteiger partial charge on any atom is 0.251 e. The van der Waals surface area contributed by atoms with Crippen LogP contribution in [0.25, 0.3) is 10.9 Å². The van der Waals surface area contributed by atoms with Crippen molar-refractivity contribution in [3.05, 3.63) is 42.1 Å². The minimum absolute atomic E-state index is 0.00690. The van der Waals surface area contributed by atoms with Gasteiger partial charge < -0.3 is 5.32 Å². The summed E-state index contributed by atoms with van der Waals surface area (Å²) in [6.07, 6.45) is 3.95. The molecule has 1 N–H and O–H groups in total. The van der Waals surface area contributed by atoms with Gasteiger partial charge in [-0.15, -0.1) is 0 Å². The molecule has 0 saturated carbocycles. The number of pyridine rings is 1. The summed E-state index contributed by atoms with van der Waals surface area (Å²) in [6, 6.07) is 9.76. The summed E-state index contributed by atoms with van der Waals surface area (Å²) in [5, 5.41) is 4.12. The predicted molar refractivity (Wildman–Crippen MR) is 87.8 cm³/mol. The molecule has 0 spiro atoms. The molecular formula is C15H16IN3O. The fraction of sp³-hybridized carbons (Fsp3) is 0.333. The molecule has 104 valence electrons. The average Bonchev–Trinajstić information content (AvgIpc) is 2.47. The van der Waals surface area contributed by atoms with Gasteiger partial charge in [-0.25, -0.2) is 3.11 Å². The van der Waals surface area contributed by atoms with E-state index in [1.54, 1.807) is 6.20 Å². The molecule has 5 heteroatoms. The van der Waals surface area contributed by atoms with Crippen LogP contribution in [-0.2, 0) is 0 Å². The van der Waals surface area contributed by atoms with Crippen LogP contribution in [0.5, 0.6) is 0 Å². The Kier molecular flexibility index (Phi) is 4.16. The van der Waals surface area contributed by atoms with Gasteiger partial charge in [0.05, 0.1) is 5.52 Å². The highest BCUT2D eigenvalue weighted by atomic mass is 127. The Labute approximate surface area is 132 Å². The zero-order valence-corrected chi connectivity index (χ0v) is 13.2. The van der Waals surface area contributed by atoms with E-state index in [-0.39, 0.29) is 11.9 Å². The number of fused-ring (bicyclic) bond motifs is 1. The SMILES string of the molecule is O=C(N[C@@H]1CCCN(I)C1)c1ccc2ncccc2c1. The van der Waals surface area contributed by atoms with Gasteiger partial charge in [0.25, 0.3) is 5.91 Å². The number of benzene rings is 1. The summed E-state index contributed by atoms with van der Waals surface area (Å²) in [5.41, 5.74) is 1.62. The first-order chi connectivity index (χ1) is 9.72. The summed E-state index contributed by atoms with van der Waals surface area (Å²) in [5.74, 6) is 0.00690.